The number of hydrogen-bond acceptors (Lipinski definition) is 9. The average molecular weight is 544 g/mol. The number of amides is 2. The van der Waals surface area contributed by atoms with Crippen LogP contribution in [0, 0.1) is 6.92 Å². The number of anilines is 1. The lowest BCUT2D eigenvalue weighted by atomic mass is 10.2. The number of rotatable bonds is 5. The van der Waals surface area contributed by atoms with E-state index in [-0.39, 0.29) is 23.7 Å². The Morgan fingerprint density at radius 3 is 2.78 bits per heavy atom. The molecule has 2 aromatic rings. The highest BCUT2D eigenvalue weighted by Gasteiger charge is 2.35. The molecule has 2 aromatic heterocycles. The Balaban J connectivity index is 1.50. The smallest absolute Gasteiger partial charge is 0.409 e. The molecule has 5 heterocycles. The molecular formula is C25H29N5O5S2. The fourth-order valence-electron chi connectivity index (χ4n) is 4.76. The van der Waals surface area contributed by atoms with Crippen LogP contribution in [-0.2, 0) is 14.3 Å². The van der Waals surface area contributed by atoms with Crippen LogP contribution in [0.25, 0.3) is 11.7 Å². The standard InChI is InChI=1S/C25H29N5O5S2/c1-3-34-24(33)28-11-9-27(10-12-28)21-18(22(31)29-8-4-6-16(2)20(29)26-21)14-19-23(32)30(25(36)37-19)15-17-7-5-13-35-17/h4,6,8,14,17H,3,5,7,9-13,15H2,1-2H3/b19-14-/t17-/m0/s1. The fourth-order valence-corrected chi connectivity index (χ4v) is 6.02. The van der Waals surface area contributed by atoms with E-state index >= 15 is 0 Å². The van der Waals surface area contributed by atoms with Crippen LogP contribution in [0.15, 0.2) is 28.0 Å². The molecule has 1 atom stereocenters. The van der Waals surface area contributed by atoms with Crippen LogP contribution >= 0.6 is 24.0 Å². The predicted molar refractivity (Wildman–Crippen MR) is 146 cm³/mol. The highest BCUT2D eigenvalue weighted by Crippen LogP contribution is 2.34. The summed E-state index contributed by atoms with van der Waals surface area (Å²) in [6.07, 6.45) is 4.80. The van der Waals surface area contributed by atoms with Crippen molar-refractivity contribution >= 4 is 57.8 Å². The topological polar surface area (TPSA) is 96.7 Å². The second kappa shape index (κ2) is 10.8. The van der Waals surface area contributed by atoms with Crippen molar-refractivity contribution in [2.75, 3.05) is 50.8 Å². The quantitative estimate of drug-likeness (QED) is 0.417. The van der Waals surface area contributed by atoms with Gasteiger partial charge in [0.05, 0.1) is 29.7 Å². The summed E-state index contributed by atoms with van der Waals surface area (Å²) in [6.45, 7) is 6.95. The lowest BCUT2D eigenvalue weighted by molar-refractivity contribution is -0.123. The third-order valence-electron chi connectivity index (χ3n) is 6.73. The highest BCUT2D eigenvalue weighted by molar-refractivity contribution is 8.26. The van der Waals surface area contributed by atoms with Gasteiger partial charge in [-0.1, -0.05) is 30.0 Å². The summed E-state index contributed by atoms with van der Waals surface area (Å²) in [5.41, 5.74) is 1.48. The molecule has 0 N–H and O–H groups in total. The number of ether oxygens (including phenoxy) is 2. The molecule has 0 bridgehead atoms. The second-order valence-corrected chi connectivity index (χ2v) is 10.8. The number of carbonyl (C=O) groups excluding carboxylic acids is 2. The van der Waals surface area contributed by atoms with E-state index in [0.717, 1.165) is 18.4 Å². The largest absolute Gasteiger partial charge is 0.450 e. The molecule has 37 heavy (non-hydrogen) atoms. The summed E-state index contributed by atoms with van der Waals surface area (Å²) in [5.74, 6) is 0.268. The number of hydrogen-bond donors (Lipinski definition) is 0. The Bertz CT molecular complexity index is 1330. The normalized spacial score (nSPS) is 21.5. The molecule has 3 saturated heterocycles. The summed E-state index contributed by atoms with van der Waals surface area (Å²) in [7, 11) is 0. The van der Waals surface area contributed by atoms with Crippen LogP contribution < -0.4 is 10.5 Å². The molecule has 0 spiro atoms. The Kier molecular flexibility index (Phi) is 7.50. The fraction of sp³-hybridized carbons (Fsp3) is 0.480. The molecule has 5 rings (SSSR count). The third kappa shape index (κ3) is 5.10. The average Bonchev–Trinajstić information content (AvgIpc) is 3.50. The van der Waals surface area contributed by atoms with Gasteiger partial charge in [-0.15, -0.1) is 0 Å². The van der Waals surface area contributed by atoms with E-state index in [1.165, 1.54) is 16.2 Å². The van der Waals surface area contributed by atoms with Gasteiger partial charge in [0.2, 0.25) is 0 Å². The summed E-state index contributed by atoms with van der Waals surface area (Å²) >= 11 is 6.69. The first-order chi connectivity index (χ1) is 17.9. The molecule has 2 amide bonds. The zero-order chi connectivity index (χ0) is 26.1. The lowest BCUT2D eigenvalue weighted by Gasteiger charge is -2.35. The van der Waals surface area contributed by atoms with E-state index in [0.29, 0.717) is 72.2 Å². The second-order valence-electron chi connectivity index (χ2n) is 9.14. The minimum atomic E-state index is -0.348. The number of pyridine rings is 1. The number of aryl methyl sites for hydroxylation is 1. The first kappa shape index (κ1) is 25.7. The number of thiocarbonyl (C=S) groups is 1. The van der Waals surface area contributed by atoms with Crippen molar-refractivity contribution in [3.05, 3.63) is 44.7 Å². The number of carbonyl (C=O) groups is 2. The minimum Gasteiger partial charge on any atom is -0.450 e. The first-order valence-electron chi connectivity index (χ1n) is 12.4. The molecule has 10 nitrogen and oxygen atoms in total. The Hall–Kier alpha value is -2.96. The molecule has 3 aliphatic rings. The van der Waals surface area contributed by atoms with Crippen molar-refractivity contribution < 1.29 is 19.1 Å². The van der Waals surface area contributed by atoms with Gasteiger partial charge in [0.15, 0.2) is 0 Å². The van der Waals surface area contributed by atoms with Crippen molar-refractivity contribution in [1.82, 2.24) is 19.2 Å². The van der Waals surface area contributed by atoms with Crippen LogP contribution in [0.4, 0.5) is 10.6 Å². The van der Waals surface area contributed by atoms with Crippen LogP contribution in [0.5, 0.6) is 0 Å². The van der Waals surface area contributed by atoms with Crippen molar-refractivity contribution in [2.24, 2.45) is 0 Å². The molecule has 0 aromatic carbocycles. The van der Waals surface area contributed by atoms with Gasteiger partial charge < -0.3 is 19.3 Å². The number of fused-ring (bicyclic) bond motifs is 1. The summed E-state index contributed by atoms with van der Waals surface area (Å²) in [5, 5.41) is 0. The molecule has 0 aliphatic carbocycles. The van der Waals surface area contributed by atoms with E-state index in [2.05, 4.69) is 0 Å². The van der Waals surface area contributed by atoms with Gasteiger partial charge in [-0.3, -0.25) is 18.9 Å². The zero-order valence-electron chi connectivity index (χ0n) is 20.8. The zero-order valence-corrected chi connectivity index (χ0v) is 22.5. The van der Waals surface area contributed by atoms with E-state index in [9.17, 15) is 14.4 Å². The third-order valence-corrected chi connectivity index (χ3v) is 8.11. The van der Waals surface area contributed by atoms with Gasteiger partial charge in [-0.2, -0.15) is 0 Å². The molecular weight excluding hydrogens is 514 g/mol. The number of nitrogens with zero attached hydrogens (tertiary/aromatic N) is 5. The maximum atomic E-state index is 13.7. The minimum absolute atomic E-state index is 0.0240. The summed E-state index contributed by atoms with van der Waals surface area (Å²) in [6, 6.07) is 3.70. The van der Waals surface area contributed by atoms with E-state index in [4.69, 9.17) is 26.7 Å². The van der Waals surface area contributed by atoms with E-state index in [1.54, 1.807) is 35.1 Å². The molecule has 0 saturated carbocycles. The highest BCUT2D eigenvalue weighted by atomic mass is 32.2. The predicted octanol–water partition coefficient (Wildman–Crippen LogP) is 2.66. The lowest BCUT2D eigenvalue weighted by Crippen LogP contribution is -2.49. The van der Waals surface area contributed by atoms with Crippen molar-refractivity contribution in [2.45, 2.75) is 32.8 Å². The molecule has 196 valence electrons. The Morgan fingerprint density at radius 2 is 2.08 bits per heavy atom. The van der Waals surface area contributed by atoms with Crippen LogP contribution in [0.1, 0.15) is 30.9 Å². The number of piperazine rings is 1. The molecule has 0 unspecified atom stereocenters. The number of thioether (sulfide) groups is 1. The Labute approximate surface area is 224 Å². The van der Waals surface area contributed by atoms with Gasteiger partial charge >= 0.3 is 6.09 Å². The van der Waals surface area contributed by atoms with Crippen molar-refractivity contribution in [3.8, 4) is 0 Å². The molecule has 12 heteroatoms. The maximum Gasteiger partial charge on any atom is 0.409 e. The summed E-state index contributed by atoms with van der Waals surface area (Å²) in [4.78, 5) is 49.7. The monoisotopic (exact) mass is 543 g/mol. The van der Waals surface area contributed by atoms with Gasteiger partial charge in [-0.05, 0) is 44.4 Å². The SMILES string of the molecule is CCOC(=O)N1CCN(c2nc3c(C)cccn3c(=O)c2/C=C2\SC(=S)N(C[C@@H]3CCCO3)C2=O)CC1. The van der Waals surface area contributed by atoms with Gasteiger partial charge in [-0.25, -0.2) is 9.78 Å². The van der Waals surface area contributed by atoms with E-state index in [1.807, 2.05) is 17.9 Å². The van der Waals surface area contributed by atoms with Gasteiger partial charge in [0.25, 0.3) is 11.5 Å². The van der Waals surface area contributed by atoms with E-state index < -0.39 is 0 Å². The van der Waals surface area contributed by atoms with Crippen molar-refractivity contribution in [3.63, 3.8) is 0 Å². The molecule has 0 radical (unpaired) electrons. The molecule has 3 aliphatic heterocycles. The molecule has 3 fully saturated rings. The van der Waals surface area contributed by atoms with Gasteiger partial charge in [0.1, 0.15) is 15.8 Å². The van der Waals surface area contributed by atoms with Crippen LogP contribution in [-0.4, -0.2) is 87.5 Å². The number of aromatic nitrogens is 2. The van der Waals surface area contributed by atoms with Gasteiger partial charge in [0, 0.05) is 39.0 Å². The van der Waals surface area contributed by atoms with Crippen molar-refractivity contribution in [1.29, 1.82) is 0 Å². The Morgan fingerprint density at radius 1 is 1.30 bits per heavy atom. The summed E-state index contributed by atoms with van der Waals surface area (Å²) < 4.78 is 12.8. The first-order valence-corrected chi connectivity index (χ1v) is 13.7. The maximum absolute atomic E-state index is 13.7. The van der Waals surface area contributed by atoms with Crippen LogP contribution in [0.3, 0.4) is 0 Å². The van der Waals surface area contributed by atoms with Crippen LogP contribution in [0.2, 0.25) is 0 Å².